The first kappa shape index (κ1) is 23.8. The van der Waals surface area contributed by atoms with Crippen molar-refractivity contribution in [2.45, 2.75) is 27.3 Å². The van der Waals surface area contributed by atoms with E-state index in [2.05, 4.69) is 15.6 Å². The van der Waals surface area contributed by atoms with Gasteiger partial charge in [-0.05, 0) is 86.0 Å². The molecule has 0 spiro atoms. The molecule has 0 atom stereocenters. The Hall–Kier alpha value is -4.39. The van der Waals surface area contributed by atoms with Crippen LogP contribution in [0.1, 0.15) is 44.5 Å². The van der Waals surface area contributed by atoms with Gasteiger partial charge in [-0.2, -0.15) is 0 Å². The fourth-order valence-corrected chi connectivity index (χ4v) is 3.55. The van der Waals surface area contributed by atoms with Crippen LogP contribution in [0.4, 0.5) is 11.4 Å². The molecule has 0 radical (unpaired) electrons. The summed E-state index contributed by atoms with van der Waals surface area (Å²) in [6.07, 6.45) is 3.34. The average Bonchev–Trinajstić information content (AvgIpc) is 3.32. The normalized spacial score (nSPS) is 10.6. The van der Waals surface area contributed by atoms with Gasteiger partial charge in [0.25, 0.3) is 11.8 Å². The minimum absolute atomic E-state index is 0.140. The number of imidazole rings is 1. The number of carbonyl (C=O) groups excluding carboxylic acids is 2. The predicted octanol–water partition coefficient (Wildman–Crippen LogP) is 5.45. The number of amides is 2. The van der Waals surface area contributed by atoms with Crippen molar-refractivity contribution in [2.75, 3.05) is 17.2 Å². The number of nitrogens with zero attached hydrogens (tertiary/aromatic N) is 2. The molecule has 0 bridgehead atoms. The Morgan fingerprint density at radius 2 is 1.51 bits per heavy atom. The van der Waals surface area contributed by atoms with Crippen LogP contribution in [0.3, 0.4) is 0 Å². The largest absolute Gasteiger partial charge is 0.494 e. The van der Waals surface area contributed by atoms with Crippen molar-refractivity contribution in [3.8, 4) is 5.75 Å². The lowest BCUT2D eigenvalue weighted by molar-refractivity contribution is 0.101. The second kappa shape index (κ2) is 10.7. The highest BCUT2D eigenvalue weighted by atomic mass is 16.5. The monoisotopic (exact) mass is 468 g/mol. The predicted molar refractivity (Wildman–Crippen MR) is 137 cm³/mol. The van der Waals surface area contributed by atoms with Crippen LogP contribution < -0.4 is 15.4 Å². The molecule has 1 heterocycles. The van der Waals surface area contributed by atoms with Crippen molar-refractivity contribution in [3.05, 3.63) is 107 Å². The number of ether oxygens (including phenoxy) is 1. The highest BCUT2D eigenvalue weighted by Gasteiger charge is 2.11. The van der Waals surface area contributed by atoms with Crippen molar-refractivity contribution in [1.82, 2.24) is 9.55 Å². The highest BCUT2D eigenvalue weighted by molar-refractivity contribution is 6.04. The zero-order chi connectivity index (χ0) is 24.8. The van der Waals surface area contributed by atoms with E-state index in [4.69, 9.17) is 4.74 Å². The molecule has 0 fully saturated rings. The molecule has 1 aromatic heterocycles. The molecule has 35 heavy (non-hydrogen) atoms. The van der Waals surface area contributed by atoms with E-state index in [9.17, 15) is 9.59 Å². The Balaban J connectivity index is 1.33. The number of anilines is 2. The molecule has 0 aliphatic rings. The Morgan fingerprint density at radius 3 is 2.17 bits per heavy atom. The third kappa shape index (κ3) is 6.14. The molecule has 2 N–H and O–H groups in total. The van der Waals surface area contributed by atoms with E-state index < -0.39 is 0 Å². The maximum atomic E-state index is 12.5. The van der Waals surface area contributed by atoms with Crippen LogP contribution in [0, 0.1) is 13.8 Å². The van der Waals surface area contributed by atoms with E-state index in [-0.39, 0.29) is 11.8 Å². The Bertz CT molecular complexity index is 1330. The fraction of sp³-hybridized carbons (Fsp3) is 0.179. The van der Waals surface area contributed by atoms with Gasteiger partial charge in [-0.25, -0.2) is 4.98 Å². The summed E-state index contributed by atoms with van der Waals surface area (Å²) >= 11 is 0. The molecule has 2 amide bonds. The van der Waals surface area contributed by atoms with E-state index >= 15 is 0 Å². The molecular formula is C28H28N4O3. The van der Waals surface area contributed by atoms with Gasteiger partial charge in [-0.3, -0.25) is 9.59 Å². The van der Waals surface area contributed by atoms with Crippen molar-refractivity contribution in [3.63, 3.8) is 0 Å². The summed E-state index contributed by atoms with van der Waals surface area (Å²) in [5, 5.41) is 5.77. The van der Waals surface area contributed by atoms with Crippen molar-refractivity contribution < 1.29 is 14.3 Å². The van der Waals surface area contributed by atoms with Gasteiger partial charge in [0.2, 0.25) is 0 Å². The van der Waals surface area contributed by atoms with Gasteiger partial charge in [-0.1, -0.05) is 18.2 Å². The highest BCUT2D eigenvalue weighted by Crippen LogP contribution is 2.17. The number of hydrogen-bond acceptors (Lipinski definition) is 4. The maximum absolute atomic E-state index is 12.5. The molecule has 7 nitrogen and oxygen atoms in total. The average molecular weight is 469 g/mol. The van der Waals surface area contributed by atoms with E-state index in [1.54, 1.807) is 24.7 Å². The number of carbonyl (C=O) groups is 2. The molecule has 7 heteroatoms. The van der Waals surface area contributed by atoms with Crippen LogP contribution in [0.25, 0.3) is 0 Å². The summed E-state index contributed by atoms with van der Waals surface area (Å²) in [6, 6.07) is 20.5. The molecule has 0 unspecified atom stereocenters. The first-order valence-electron chi connectivity index (χ1n) is 11.4. The quantitative estimate of drug-likeness (QED) is 0.360. The smallest absolute Gasteiger partial charge is 0.275 e. The molecule has 0 aliphatic heterocycles. The number of benzene rings is 3. The summed E-state index contributed by atoms with van der Waals surface area (Å²) in [6.45, 7) is 7.08. The van der Waals surface area contributed by atoms with Gasteiger partial charge < -0.3 is 19.9 Å². The van der Waals surface area contributed by atoms with Crippen LogP contribution in [0.15, 0.2) is 79.3 Å². The molecule has 4 rings (SSSR count). The van der Waals surface area contributed by atoms with Crippen molar-refractivity contribution in [1.29, 1.82) is 0 Å². The topological polar surface area (TPSA) is 85.2 Å². The number of hydrogen-bond donors (Lipinski definition) is 2. The van der Waals surface area contributed by atoms with Crippen LogP contribution in [0.5, 0.6) is 5.75 Å². The van der Waals surface area contributed by atoms with Crippen molar-refractivity contribution >= 4 is 23.2 Å². The Labute approximate surface area is 204 Å². The SMILES string of the molecule is CCOc1ccc(NC(=O)c2cn(Cc3ccc(NC(=O)c4ccc(C)c(C)c4)cc3)cn2)cc1. The van der Waals surface area contributed by atoms with Crippen molar-refractivity contribution in [2.24, 2.45) is 0 Å². The fourth-order valence-electron chi connectivity index (χ4n) is 3.55. The number of aryl methyl sites for hydroxylation is 2. The Morgan fingerprint density at radius 1 is 0.857 bits per heavy atom. The number of aromatic nitrogens is 2. The molecule has 4 aromatic rings. The first-order valence-corrected chi connectivity index (χ1v) is 11.4. The van der Waals surface area contributed by atoms with Crippen LogP contribution in [-0.2, 0) is 6.54 Å². The molecular weight excluding hydrogens is 440 g/mol. The summed E-state index contributed by atoms with van der Waals surface area (Å²) in [7, 11) is 0. The Kier molecular flexibility index (Phi) is 7.26. The lowest BCUT2D eigenvalue weighted by Crippen LogP contribution is -2.12. The lowest BCUT2D eigenvalue weighted by Gasteiger charge is -2.09. The van der Waals surface area contributed by atoms with E-state index in [0.717, 1.165) is 28.1 Å². The summed E-state index contributed by atoms with van der Waals surface area (Å²) in [5.41, 5.74) is 5.61. The minimum atomic E-state index is -0.280. The summed E-state index contributed by atoms with van der Waals surface area (Å²) in [4.78, 5) is 29.3. The van der Waals surface area contributed by atoms with E-state index in [1.807, 2.05) is 79.9 Å². The molecule has 0 saturated carbocycles. The van der Waals surface area contributed by atoms with Crippen LogP contribution in [-0.4, -0.2) is 28.0 Å². The maximum Gasteiger partial charge on any atom is 0.275 e. The van der Waals surface area contributed by atoms with E-state index in [0.29, 0.717) is 30.1 Å². The minimum Gasteiger partial charge on any atom is -0.494 e. The van der Waals surface area contributed by atoms with E-state index in [1.165, 1.54) is 0 Å². The molecule has 0 saturated heterocycles. The standard InChI is InChI=1S/C28H28N4O3/c1-4-35-25-13-11-24(12-14-25)31-28(34)26-17-32(18-29-26)16-21-6-9-23(10-7-21)30-27(33)22-8-5-19(2)20(3)15-22/h5-15,17-18H,4,16H2,1-3H3,(H,30,33)(H,31,34). The second-order valence-electron chi connectivity index (χ2n) is 8.29. The zero-order valence-electron chi connectivity index (χ0n) is 20.0. The molecule has 178 valence electrons. The van der Waals surface area contributed by atoms with Gasteiger partial charge in [-0.15, -0.1) is 0 Å². The number of rotatable bonds is 8. The van der Waals surface area contributed by atoms with Gasteiger partial charge in [0.1, 0.15) is 11.4 Å². The van der Waals surface area contributed by atoms with Gasteiger partial charge in [0.05, 0.1) is 12.9 Å². The van der Waals surface area contributed by atoms with Gasteiger partial charge in [0.15, 0.2) is 0 Å². The van der Waals surface area contributed by atoms with Crippen LogP contribution >= 0.6 is 0 Å². The number of nitrogens with one attached hydrogen (secondary N) is 2. The molecule has 0 aliphatic carbocycles. The first-order chi connectivity index (χ1) is 16.9. The summed E-state index contributed by atoms with van der Waals surface area (Å²) < 4.78 is 7.26. The molecule has 3 aromatic carbocycles. The third-order valence-corrected chi connectivity index (χ3v) is 5.64. The van der Waals surface area contributed by atoms with Gasteiger partial charge >= 0.3 is 0 Å². The lowest BCUT2D eigenvalue weighted by atomic mass is 10.1. The van der Waals surface area contributed by atoms with Crippen LogP contribution in [0.2, 0.25) is 0 Å². The summed E-state index contributed by atoms with van der Waals surface area (Å²) in [5.74, 6) is 0.335. The third-order valence-electron chi connectivity index (χ3n) is 5.64. The van der Waals surface area contributed by atoms with Gasteiger partial charge in [0, 0.05) is 29.7 Å². The zero-order valence-corrected chi connectivity index (χ0v) is 20.0. The second-order valence-corrected chi connectivity index (χ2v) is 8.29.